The average molecular weight is 618 g/mol. The Balaban J connectivity index is 1.72. The summed E-state index contributed by atoms with van der Waals surface area (Å²) >= 11 is 0. The normalized spacial score (nSPS) is 24.6. The van der Waals surface area contributed by atoms with Crippen LogP contribution in [-0.2, 0) is 38.1 Å². The molecule has 1 aliphatic heterocycles. The predicted molar refractivity (Wildman–Crippen MR) is 122 cm³/mol. The summed E-state index contributed by atoms with van der Waals surface area (Å²) in [4.78, 5) is 78.7. The van der Waals surface area contributed by atoms with Gasteiger partial charge in [0.1, 0.15) is 23.9 Å². The molecule has 2 aromatic heterocycles. The van der Waals surface area contributed by atoms with Crippen LogP contribution in [0.4, 0.5) is 0 Å². The molecule has 2 aromatic rings. The van der Waals surface area contributed by atoms with Gasteiger partial charge in [0.05, 0.1) is 18.8 Å². The summed E-state index contributed by atoms with van der Waals surface area (Å²) in [5.74, 6) is -0.937. The van der Waals surface area contributed by atoms with Gasteiger partial charge in [-0.1, -0.05) is 6.07 Å². The van der Waals surface area contributed by atoms with E-state index in [1.807, 2.05) is 4.98 Å². The van der Waals surface area contributed by atoms with Gasteiger partial charge in [0.2, 0.25) is 0 Å². The first-order valence-corrected chi connectivity index (χ1v) is 14.8. The summed E-state index contributed by atoms with van der Waals surface area (Å²) < 4.78 is 51.2. The molecule has 1 saturated heterocycles. The zero-order chi connectivity index (χ0) is 29.2. The Labute approximate surface area is 216 Å². The molecular formula is C16H21N4O16P3. The number of aliphatic hydroxyl groups excluding tert-OH is 2. The number of pyridine rings is 1. The van der Waals surface area contributed by atoms with Crippen molar-refractivity contribution in [1.82, 2.24) is 19.9 Å². The number of hydrogen-bond donors (Lipinski definition) is 8. The van der Waals surface area contributed by atoms with Crippen LogP contribution in [-0.4, -0.2) is 75.1 Å². The number of amides is 1. The van der Waals surface area contributed by atoms with Gasteiger partial charge in [-0.05, 0) is 12.1 Å². The van der Waals surface area contributed by atoms with Gasteiger partial charge < -0.3 is 39.8 Å². The van der Waals surface area contributed by atoms with Gasteiger partial charge >= 0.3 is 29.2 Å². The average Bonchev–Trinajstić information content (AvgIpc) is 3.08. The van der Waals surface area contributed by atoms with Crippen LogP contribution in [0.1, 0.15) is 22.3 Å². The molecule has 0 aromatic carbocycles. The Hall–Kier alpha value is -2.41. The zero-order valence-corrected chi connectivity index (χ0v) is 21.8. The van der Waals surface area contributed by atoms with Crippen molar-refractivity contribution in [2.45, 2.75) is 31.1 Å². The maximum atomic E-state index is 12.5. The number of ether oxygens (including phenoxy) is 1. The second kappa shape index (κ2) is 12.0. The quantitative estimate of drug-likeness (QED) is 0.124. The molecule has 39 heavy (non-hydrogen) atoms. The maximum absolute atomic E-state index is 12.5. The molecule has 6 atom stereocenters. The minimum atomic E-state index is -5.81. The maximum Gasteiger partial charge on any atom is 0.490 e. The summed E-state index contributed by atoms with van der Waals surface area (Å²) in [6, 6.07) is 4.90. The molecule has 1 amide bonds. The van der Waals surface area contributed by atoms with E-state index in [-0.39, 0.29) is 6.54 Å². The van der Waals surface area contributed by atoms with Crippen LogP contribution < -0.4 is 16.6 Å². The van der Waals surface area contributed by atoms with Crippen LogP contribution in [0.15, 0.2) is 40.2 Å². The number of phosphoric acid groups is 3. The zero-order valence-electron chi connectivity index (χ0n) is 19.1. The van der Waals surface area contributed by atoms with Gasteiger partial charge in [0, 0.05) is 12.4 Å². The molecular weight excluding hydrogens is 597 g/mol. The number of aromatic amines is 1. The van der Waals surface area contributed by atoms with Crippen LogP contribution in [0.5, 0.6) is 0 Å². The second-order valence-electron chi connectivity index (χ2n) is 7.65. The van der Waals surface area contributed by atoms with Gasteiger partial charge in [-0.2, -0.15) is 8.62 Å². The van der Waals surface area contributed by atoms with Crippen LogP contribution in [0.3, 0.4) is 0 Å². The molecule has 3 heterocycles. The van der Waals surface area contributed by atoms with Crippen molar-refractivity contribution in [2.24, 2.45) is 0 Å². The molecule has 1 fully saturated rings. The van der Waals surface area contributed by atoms with Gasteiger partial charge in [0.25, 0.3) is 11.5 Å². The van der Waals surface area contributed by atoms with Crippen LogP contribution >= 0.6 is 23.5 Å². The van der Waals surface area contributed by atoms with Crippen molar-refractivity contribution in [3.8, 4) is 0 Å². The smallest absolute Gasteiger partial charge is 0.387 e. The molecule has 2 unspecified atom stereocenters. The lowest BCUT2D eigenvalue weighted by Crippen LogP contribution is -2.41. The highest BCUT2D eigenvalue weighted by molar-refractivity contribution is 7.66. The third-order valence-corrected chi connectivity index (χ3v) is 8.60. The van der Waals surface area contributed by atoms with E-state index in [4.69, 9.17) is 14.5 Å². The van der Waals surface area contributed by atoms with Crippen molar-refractivity contribution in [1.29, 1.82) is 0 Å². The molecule has 0 bridgehead atoms. The third kappa shape index (κ3) is 8.54. The van der Waals surface area contributed by atoms with E-state index in [1.54, 1.807) is 18.2 Å². The fourth-order valence-electron chi connectivity index (χ4n) is 3.17. The predicted octanol–water partition coefficient (Wildman–Crippen LogP) is -2.18. The number of aromatic nitrogens is 3. The van der Waals surface area contributed by atoms with Gasteiger partial charge in [0.15, 0.2) is 6.23 Å². The SMILES string of the molecule is O=C(NCc1ccccn1)c1cn([C@@H]2O[C@H](COP(=O)(O)OP(=O)(O)OP(=O)(O)O)[C@@H](O)[C@H]2O)c(=O)[nH]c1=O. The van der Waals surface area contributed by atoms with Crippen LogP contribution in [0, 0.1) is 0 Å². The third-order valence-electron chi connectivity index (χ3n) is 4.80. The van der Waals surface area contributed by atoms with E-state index < -0.39 is 77.3 Å². The van der Waals surface area contributed by atoms with Crippen LogP contribution in [0.2, 0.25) is 0 Å². The molecule has 3 rings (SSSR count). The summed E-state index contributed by atoms with van der Waals surface area (Å²) in [6.07, 6.45) is -5.15. The largest absolute Gasteiger partial charge is 0.490 e. The number of carbonyl (C=O) groups is 1. The fourth-order valence-corrected chi connectivity index (χ4v) is 6.20. The Kier molecular flexibility index (Phi) is 9.57. The second-order valence-corrected chi connectivity index (χ2v) is 12.1. The Morgan fingerprint density at radius 2 is 1.77 bits per heavy atom. The standard InChI is InChI=1S/C16H21N4O16P3/c21-11-10(7-33-38(29,30)36-39(31,32)35-37(26,27)28)34-15(12(11)22)20-6-9(14(24)19-16(20)25)13(23)18-5-8-3-1-2-4-17-8/h1-4,6,10-12,15,21-22H,5,7H2,(H,18,23)(H,29,30)(H,31,32)(H,19,24,25)(H2,26,27,28)/t10-,11-,12-,15-/m1/s1. The van der Waals surface area contributed by atoms with Gasteiger partial charge in [-0.25, -0.2) is 18.5 Å². The van der Waals surface area contributed by atoms with Crippen LogP contribution in [0.25, 0.3) is 0 Å². The number of phosphoric ester groups is 1. The molecule has 0 aliphatic carbocycles. The van der Waals surface area contributed by atoms with Crippen molar-refractivity contribution in [3.05, 3.63) is 62.7 Å². The minimum absolute atomic E-state index is 0.0812. The number of H-pyrrole nitrogens is 1. The van der Waals surface area contributed by atoms with Crippen molar-refractivity contribution < 1.29 is 66.2 Å². The number of hydrogen-bond acceptors (Lipinski definition) is 13. The lowest BCUT2D eigenvalue weighted by Gasteiger charge is -2.19. The lowest BCUT2D eigenvalue weighted by molar-refractivity contribution is -0.0543. The summed E-state index contributed by atoms with van der Waals surface area (Å²) in [7, 11) is -17.0. The molecule has 0 radical (unpaired) electrons. The molecule has 1 aliphatic rings. The molecule has 216 valence electrons. The number of rotatable bonds is 11. The number of aliphatic hydroxyl groups is 2. The highest BCUT2D eigenvalue weighted by Crippen LogP contribution is 2.66. The first-order chi connectivity index (χ1) is 18.0. The topological polar surface area (TPSA) is 306 Å². The molecule has 0 spiro atoms. The Morgan fingerprint density at radius 1 is 1.08 bits per heavy atom. The van der Waals surface area contributed by atoms with Gasteiger partial charge in [-0.15, -0.1) is 0 Å². The van der Waals surface area contributed by atoms with Gasteiger partial charge in [-0.3, -0.25) is 28.6 Å². The van der Waals surface area contributed by atoms with E-state index in [1.165, 1.54) is 6.20 Å². The first-order valence-electron chi connectivity index (χ1n) is 10.3. The van der Waals surface area contributed by atoms with E-state index in [0.29, 0.717) is 10.3 Å². The molecule has 0 saturated carbocycles. The Morgan fingerprint density at radius 3 is 2.38 bits per heavy atom. The summed E-state index contributed by atoms with van der Waals surface area (Å²) in [5.41, 5.74) is -2.40. The van der Waals surface area contributed by atoms with Crippen molar-refractivity contribution in [2.75, 3.05) is 6.61 Å². The Bertz CT molecular complexity index is 1460. The van der Waals surface area contributed by atoms with E-state index in [2.05, 4.69) is 23.4 Å². The number of nitrogens with zero attached hydrogens (tertiary/aromatic N) is 2. The lowest BCUT2D eigenvalue weighted by atomic mass is 10.1. The van der Waals surface area contributed by atoms with E-state index in [9.17, 15) is 48.1 Å². The summed E-state index contributed by atoms with van der Waals surface area (Å²) in [5, 5.41) is 23.0. The first kappa shape index (κ1) is 31.1. The molecule has 20 nitrogen and oxygen atoms in total. The fraction of sp³-hybridized carbons (Fsp3) is 0.375. The van der Waals surface area contributed by atoms with E-state index in [0.717, 1.165) is 6.20 Å². The number of nitrogens with one attached hydrogen (secondary N) is 2. The minimum Gasteiger partial charge on any atom is -0.387 e. The highest BCUT2D eigenvalue weighted by atomic mass is 31.3. The van der Waals surface area contributed by atoms with Crippen molar-refractivity contribution in [3.63, 3.8) is 0 Å². The molecule has 8 N–H and O–H groups in total. The number of carbonyl (C=O) groups excluding carboxylic acids is 1. The highest BCUT2D eigenvalue weighted by Gasteiger charge is 2.47. The monoisotopic (exact) mass is 618 g/mol. The molecule has 23 heteroatoms. The van der Waals surface area contributed by atoms with Crippen molar-refractivity contribution >= 4 is 29.4 Å². The van der Waals surface area contributed by atoms with E-state index >= 15 is 0 Å². The summed E-state index contributed by atoms with van der Waals surface area (Å²) in [6.45, 7) is -1.23.